The van der Waals surface area contributed by atoms with Crippen LogP contribution in [-0.4, -0.2) is 27.5 Å². The maximum absolute atomic E-state index is 12.3. The molecule has 2 rings (SSSR count). The molecule has 1 N–H and O–H groups in total. The van der Waals surface area contributed by atoms with Crippen LogP contribution in [0.1, 0.15) is 44.4 Å². The van der Waals surface area contributed by atoms with Crippen LogP contribution in [0.3, 0.4) is 0 Å². The summed E-state index contributed by atoms with van der Waals surface area (Å²) in [5, 5.41) is 15.3. The van der Waals surface area contributed by atoms with Crippen LogP contribution in [0.25, 0.3) is 0 Å². The second-order valence-electron chi connectivity index (χ2n) is 7.81. The van der Waals surface area contributed by atoms with Crippen LogP contribution in [0.5, 0.6) is 5.75 Å². The first-order valence-corrected chi connectivity index (χ1v) is 11.7. The third-order valence-electron chi connectivity index (χ3n) is 4.43. The SMILES string of the molecule is COc1ccc([N+](=O)[O-])c(N[C@H](C/C=N/[S@+]([O-])C(C)(C)C)c2c(Cl)ccc(C)c2Br)c1. The van der Waals surface area contributed by atoms with Crippen molar-refractivity contribution < 1.29 is 14.2 Å². The Balaban J connectivity index is 2.50. The van der Waals surface area contributed by atoms with Crippen LogP contribution in [0, 0.1) is 17.0 Å². The molecular formula is C21H25BrClN3O4S. The van der Waals surface area contributed by atoms with Gasteiger partial charge in [-0.05, 0) is 45.4 Å². The van der Waals surface area contributed by atoms with E-state index in [2.05, 4.69) is 25.6 Å². The van der Waals surface area contributed by atoms with E-state index in [1.807, 2.05) is 33.8 Å². The van der Waals surface area contributed by atoms with Crippen LogP contribution in [0.15, 0.2) is 39.2 Å². The lowest BCUT2D eigenvalue weighted by Gasteiger charge is -2.23. The number of nitro benzene ring substituents is 1. The fourth-order valence-electron chi connectivity index (χ4n) is 2.73. The van der Waals surface area contributed by atoms with Crippen molar-refractivity contribution in [3.63, 3.8) is 0 Å². The van der Waals surface area contributed by atoms with Crippen molar-refractivity contribution in [3.05, 3.63) is 61.1 Å². The molecule has 0 aliphatic rings. The van der Waals surface area contributed by atoms with Gasteiger partial charge in [0.1, 0.15) is 27.5 Å². The van der Waals surface area contributed by atoms with Gasteiger partial charge in [-0.25, -0.2) is 0 Å². The highest BCUT2D eigenvalue weighted by Crippen LogP contribution is 2.39. The molecule has 0 bridgehead atoms. The molecule has 0 amide bonds. The zero-order chi connectivity index (χ0) is 23.3. The number of halogens is 2. The summed E-state index contributed by atoms with van der Waals surface area (Å²) >= 11 is 8.67. The predicted molar refractivity (Wildman–Crippen MR) is 131 cm³/mol. The molecule has 0 saturated heterocycles. The van der Waals surface area contributed by atoms with Crippen molar-refractivity contribution in [2.45, 2.75) is 44.9 Å². The Morgan fingerprint density at radius 1 is 1.35 bits per heavy atom. The summed E-state index contributed by atoms with van der Waals surface area (Å²) in [4.78, 5) is 11.1. The summed E-state index contributed by atoms with van der Waals surface area (Å²) in [5.41, 5.74) is 1.87. The number of nitro groups is 1. The van der Waals surface area contributed by atoms with Crippen LogP contribution < -0.4 is 10.1 Å². The predicted octanol–water partition coefficient (Wildman–Crippen LogP) is 6.40. The molecule has 0 unspecified atom stereocenters. The topological polar surface area (TPSA) is 99.8 Å². The largest absolute Gasteiger partial charge is 0.591 e. The number of nitrogens with one attached hydrogen (secondary N) is 1. The number of aryl methyl sites for hydroxylation is 1. The average molecular weight is 531 g/mol. The normalized spacial score (nSPS) is 13.8. The van der Waals surface area contributed by atoms with Gasteiger partial charge < -0.3 is 14.6 Å². The van der Waals surface area contributed by atoms with Crippen molar-refractivity contribution in [1.29, 1.82) is 0 Å². The summed E-state index contributed by atoms with van der Waals surface area (Å²) in [7, 11) is 1.49. The second kappa shape index (κ2) is 10.7. The van der Waals surface area contributed by atoms with Gasteiger partial charge in [-0.2, -0.15) is 0 Å². The number of benzene rings is 2. The van der Waals surface area contributed by atoms with Gasteiger partial charge in [-0.1, -0.05) is 38.0 Å². The maximum Gasteiger partial charge on any atom is 0.292 e. The fraction of sp³-hybridized carbons (Fsp3) is 0.381. The van der Waals surface area contributed by atoms with Gasteiger partial charge in [0, 0.05) is 33.6 Å². The summed E-state index contributed by atoms with van der Waals surface area (Å²) in [6, 6.07) is 7.65. The number of nitrogens with zero attached hydrogens (tertiary/aromatic N) is 2. The lowest BCUT2D eigenvalue weighted by atomic mass is 10.0. The quantitative estimate of drug-likeness (QED) is 0.184. The molecule has 0 spiro atoms. The van der Waals surface area contributed by atoms with E-state index >= 15 is 0 Å². The average Bonchev–Trinajstić information content (AvgIpc) is 2.69. The highest BCUT2D eigenvalue weighted by molar-refractivity contribution is 9.10. The Labute approximate surface area is 198 Å². The highest BCUT2D eigenvalue weighted by atomic mass is 79.9. The minimum atomic E-state index is -1.42. The minimum Gasteiger partial charge on any atom is -0.591 e. The fourth-order valence-corrected chi connectivity index (χ4v) is 4.29. The van der Waals surface area contributed by atoms with E-state index < -0.39 is 27.1 Å². The summed E-state index contributed by atoms with van der Waals surface area (Å²) in [5.74, 6) is 0.476. The minimum absolute atomic E-state index is 0.0964. The molecule has 0 aliphatic heterocycles. The van der Waals surface area contributed by atoms with E-state index in [1.54, 1.807) is 18.3 Å². The van der Waals surface area contributed by atoms with Crippen LogP contribution in [0.2, 0.25) is 5.02 Å². The maximum atomic E-state index is 12.3. The Bertz CT molecular complexity index is 982. The van der Waals surface area contributed by atoms with Gasteiger partial charge in [-0.15, -0.1) is 0 Å². The highest BCUT2D eigenvalue weighted by Gasteiger charge is 2.27. The first-order valence-electron chi connectivity index (χ1n) is 9.43. The Hall–Kier alpha value is -1.81. The van der Waals surface area contributed by atoms with Gasteiger partial charge >= 0.3 is 0 Å². The molecule has 7 nitrogen and oxygen atoms in total. The van der Waals surface area contributed by atoms with Crippen LogP contribution >= 0.6 is 27.5 Å². The summed E-state index contributed by atoms with van der Waals surface area (Å²) in [6.07, 6.45) is 1.87. The third-order valence-corrected chi connectivity index (χ3v) is 7.20. The van der Waals surface area contributed by atoms with Crippen LogP contribution in [-0.2, 0) is 11.4 Å². The van der Waals surface area contributed by atoms with E-state index in [1.165, 1.54) is 19.2 Å². The lowest BCUT2D eigenvalue weighted by molar-refractivity contribution is -0.384. The Kier molecular flexibility index (Phi) is 8.76. The molecule has 0 aliphatic carbocycles. The van der Waals surface area contributed by atoms with Crippen molar-refractivity contribution in [3.8, 4) is 5.75 Å². The molecule has 0 heterocycles. The summed E-state index contributed by atoms with van der Waals surface area (Å²) in [6.45, 7) is 7.44. The first kappa shape index (κ1) is 25.5. The number of methoxy groups -OCH3 is 1. The van der Waals surface area contributed by atoms with E-state index in [-0.39, 0.29) is 11.4 Å². The molecule has 168 valence electrons. The van der Waals surface area contributed by atoms with E-state index in [0.29, 0.717) is 17.2 Å². The molecule has 10 heteroatoms. The van der Waals surface area contributed by atoms with Crippen molar-refractivity contribution in [2.24, 2.45) is 4.40 Å². The molecular weight excluding hydrogens is 506 g/mol. The number of rotatable bonds is 8. The number of hydrogen-bond donors (Lipinski definition) is 1. The van der Waals surface area contributed by atoms with Gasteiger partial charge in [0.15, 0.2) is 0 Å². The number of anilines is 1. The Morgan fingerprint density at radius 2 is 2.03 bits per heavy atom. The van der Waals surface area contributed by atoms with Gasteiger partial charge in [-0.3, -0.25) is 10.1 Å². The van der Waals surface area contributed by atoms with E-state index in [9.17, 15) is 14.7 Å². The third kappa shape index (κ3) is 6.58. The second-order valence-corrected chi connectivity index (χ2v) is 10.9. The number of ether oxygens (including phenoxy) is 1. The first-order chi connectivity index (χ1) is 14.5. The molecule has 0 radical (unpaired) electrons. The molecule has 2 aromatic carbocycles. The molecule has 0 saturated carbocycles. The van der Waals surface area contributed by atoms with Crippen molar-refractivity contribution >= 4 is 56.5 Å². The molecule has 0 fully saturated rings. The monoisotopic (exact) mass is 529 g/mol. The van der Waals surface area contributed by atoms with E-state index in [0.717, 1.165) is 15.6 Å². The van der Waals surface area contributed by atoms with Crippen LogP contribution in [0.4, 0.5) is 11.4 Å². The molecule has 31 heavy (non-hydrogen) atoms. The molecule has 0 aromatic heterocycles. The molecule has 2 atom stereocenters. The van der Waals surface area contributed by atoms with E-state index in [4.69, 9.17) is 16.3 Å². The summed E-state index contributed by atoms with van der Waals surface area (Å²) < 4.78 is 22.0. The standard InChI is InChI=1S/C21H25BrClN3O4S/c1-13-6-8-15(23)19(20(13)22)16(10-11-24-31(29)21(2,3)4)25-17-12-14(30-5)7-9-18(17)26(27)28/h6-9,11-12,16,25H,10H2,1-5H3/b24-11+/t16-,31-/m1/s1. The number of hydrogen-bond acceptors (Lipinski definition) is 6. The zero-order valence-electron chi connectivity index (χ0n) is 17.9. The zero-order valence-corrected chi connectivity index (χ0v) is 21.1. The van der Waals surface area contributed by atoms with Gasteiger partial charge in [0.05, 0.1) is 24.3 Å². The van der Waals surface area contributed by atoms with Crippen molar-refractivity contribution in [1.82, 2.24) is 0 Å². The van der Waals surface area contributed by atoms with Gasteiger partial charge in [0.2, 0.25) is 0 Å². The van der Waals surface area contributed by atoms with Gasteiger partial charge in [0.25, 0.3) is 5.69 Å². The lowest BCUT2D eigenvalue weighted by Crippen LogP contribution is -2.26. The smallest absolute Gasteiger partial charge is 0.292 e. The van der Waals surface area contributed by atoms with Crippen molar-refractivity contribution in [2.75, 3.05) is 12.4 Å². The Morgan fingerprint density at radius 3 is 2.61 bits per heavy atom. The molecule has 2 aromatic rings.